The first-order valence-corrected chi connectivity index (χ1v) is 9.99. The van der Waals surface area contributed by atoms with Crippen LogP contribution < -0.4 is 4.72 Å². The van der Waals surface area contributed by atoms with Gasteiger partial charge in [-0.3, -0.25) is 4.79 Å². The van der Waals surface area contributed by atoms with E-state index in [4.69, 9.17) is 4.74 Å². The van der Waals surface area contributed by atoms with Crippen LogP contribution in [0.2, 0.25) is 0 Å². The van der Waals surface area contributed by atoms with Crippen LogP contribution in [-0.2, 0) is 26.3 Å². The third-order valence-corrected chi connectivity index (χ3v) is 5.43. The number of ether oxygens (including phenoxy) is 1. The first-order chi connectivity index (χ1) is 12.0. The van der Waals surface area contributed by atoms with Gasteiger partial charge in [0, 0.05) is 6.54 Å². The van der Waals surface area contributed by atoms with Crippen LogP contribution in [0.1, 0.15) is 50.0 Å². The van der Waals surface area contributed by atoms with Gasteiger partial charge in [-0.15, -0.1) is 0 Å². The summed E-state index contributed by atoms with van der Waals surface area (Å²) >= 11 is 0. The predicted molar refractivity (Wildman–Crippen MR) is 97.4 cm³/mol. The second kappa shape index (κ2) is 7.75. The molecule has 1 heterocycles. The van der Waals surface area contributed by atoms with Gasteiger partial charge in [0.1, 0.15) is 0 Å². The molecule has 1 saturated heterocycles. The molecule has 0 unspecified atom stereocenters. The fourth-order valence-electron chi connectivity index (χ4n) is 3.08. The Labute approximate surface area is 154 Å². The van der Waals surface area contributed by atoms with Crippen LogP contribution in [0, 0.1) is 11.3 Å². The average molecular weight is 382 g/mol. The number of carbonyl (C=O) groups is 2. The van der Waals surface area contributed by atoms with Crippen molar-refractivity contribution >= 4 is 22.1 Å². The molecule has 1 fully saturated rings. The minimum absolute atomic E-state index is 0.0673. The molecule has 1 amide bonds. The van der Waals surface area contributed by atoms with Crippen LogP contribution in [-0.4, -0.2) is 37.8 Å². The van der Waals surface area contributed by atoms with Crippen molar-refractivity contribution in [2.24, 2.45) is 11.3 Å². The Bertz CT molecular complexity index is 769. The number of hydrogen-bond donors (Lipinski definition) is 1. The van der Waals surface area contributed by atoms with Gasteiger partial charge < -0.3 is 4.74 Å². The van der Waals surface area contributed by atoms with Crippen molar-refractivity contribution in [3.05, 3.63) is 35.4 Å². The number of nitrogens with zero attached hydrogens (tertiary/aromatic N) is 1. The average Bonchev–Trinajstić information content (AvgIpc) is 2.76. The van der Waals surface area contributed by atoms with E-state index in [1.807, 2.05) is 4.72 Å². The van der Waals surface area contributed by atoms with E-state index >= 15 is 0 Å². The van der Waals surface area contributed by atoms with Crippen molar-refractivity contribution in [1.82, 2.24) is 9.03 Å². The van der Waals surface area contributed by atoms with Crippen LogP contribution in [0.5, 0.6) is 0 Å². The summed E-state index contributed by atoms with van der Waals surface area (Å²) in [6.45, 7) is 8.60. The number of hydrogen-bond acceptors (Lipinski definition) is 5. The maximum Gasteiger partial charge on any atom is 0.338 e. The van der Waals surface area contributed by atoms with Crippen molar-refractivity contribution in [3.63, 3.8) is 0 Å². The van der Waals surface area contributed by atoms with Gasteiger partial charge >= 0.3 is 16.2 Å². The molecule has 0 aliphatic carbocycles. The maximum atomic E-state index is 12.2. The van der Waals surface area contributed by atoms with Crippen molar-refractivity contribution in [2.45, 2.75) is 40.7 Å². The lowest BCUT2D eigenvalue weighted by molar-refractivity contribution is -0.118. The number of carbonyl (C=O) groups excluding carboxylic acids is 2. The molecule has 26 heavy (non-hydrogen) atoms. The van der Waals surface area contributed by atoms with Crippen LogP contribution in [0.4, 0.5) is 0 Å². The van der Waals surface area contributed by atoms with Gasteiger partial charge in [-0.1, -0.05) is 39.8 Å². The number of benzene rings is 1. The fourth-order valence-corrected chi connectivity index (χ4v) is 4.17. The van der Waals surface area contributed by atoms with Gasteiger partial charge in [-0.25, -0.2) is 9.52 Å². The third-order valence-electron chi connectivity index (χ3n) is 4.01. The summed E-state index contributed by atoms with van der Waals surface area (Å²) in [5.41, 5.74) is 1.00. The molecule has 1 aromatic rings. The lowest BCUT2D eigenvalue weighted by Crippen LogP contribution is -2.29. The van der Waals surface area contributed by atoms with Gasteiger partial charge in [-0.05, 0) is 35.4 Å². The Morgan fingerprint density at radius 3 is 2.38 bits per heavy atom. The number of nitrogens with one attached hydrogen (secondary N) is 1. The lowest BCUT2D eigenvalue weighted by atomic mass is 9.85. The molecule has 1 aliphatic rings. The van der Waals surface area contributed by atoms with E-state index < -0.39 is 22.1 Å². The predicted octanol–water partition coefficient (Wildman–Crippen LogP) is 2.09. The Morgan fingerprint density at radius 2 is 1.88 bits per heavy atom. The molecular formula is C18H26N2O5S. The van der Waals surface area contributed by atoms with Gasteiger partial charge in [0.05, 0.1) is 18.7 Å². The maximum absolute atomic E-state index is 12.2. The van der Waals surface area contributed by atoms with Gasteiger partial charge in [0.15, 0.2) is 0 Å². The highest BCUT2D eigenvalue weighted by molar-refractivity contribution is 7.88. The first-order valence-electron chi connectivity index (χ1n) is 8.55. The summed E-state index contributed by atoms with van der Waals surface area (Å²) in [7, 11) is -3.75. The third kappa shape index (κ3) is 5.54. The molecule has 8 heteroatoms. The highest BCUT2D eigenvalue weighted by Crippen LogP contribution is 2.26. The molecule has 1 aromatic carbocycles. The Kier molecular flexibility index (Phi) is 6.08. The van der Waals surface area contributed by atoms with Gasteiger partial charge in [0.25, 0.3) is 0 Å². The summed E-state index contributed by atoms with van der Waals surface area (Å²) in [5.74, 6) is -0.431. The largest absolute Gasteiger partial charge is 0.462 e. The zero-order chi connectivity index (χ0) is 19.5. The SMILES string of the molecule is CC(C)CC(C)(C)COC(=O)c1ccc(CN2CC(=O)NS2(=O)=O)cc1. The molecule has 0 radical (unpaired) electrons. The Hall–Kier alpha value is -1.93. The standard InChI is InChI=1S/C18H26N2O5S/c1-13(2)9-18(3,4)12-25-17(22)15-7-5-14(6-8-15)10-20-11-16(21)19-26(20,23)24/h5-8,13H,9-12H2,1-4H3,(H,19,21). The Balaban J connectivity index is 1.94. The van der Waals surface area contributed by atoms with Crippen LogP contribution in [0.3, 0.4) is 0 Å². The molecular weight excluding hydrogens is 356 g/mol. The van der Waals surface area contributed by atoms with E-state index in [9.17, 15) is 18.0 Å². The first kappa shape index (κ1) is 20.4. The van der Waals surface area contributed by atoms with Gasteiger partial charge in [-0.2, -0.15) is 12.7 Å². The minimum atomic E-state index is -3.75. The van der Waals surface area contributed by atoms with Crippen molar-refractivity contribution < 1.29 is 22.7 Å². The molecule has 0 saturated carbocycles. The highest BCUT2D eigenvalue weighted by atomic mass is 32.2. The van der Waals surface area contributed by atoms with Crippen molar-refractivity contribution in [2.75, 3.05) is 13.2 Å². The van der Waals surface area contributed by atoms with E-state index in [1.165, 1.54) is 0 Å². The quantitative estimate of drug-likeness (QED) is 0.729. The van der Waals surface area contributed by atoms with Crippen molar-refractivity contribution in [1.29, 1.82) is 0 Å². The molecule has 1 aliphatic heterocycles. The van der Waals surface area contributed by atoms with Crippen LogP contribution in [0.15, 0.2) is 24.3 Å². The molecule has 0 bridgehead atoms. The van der Waals surface area contributed by atoms with E-state index in [2.05, 4.69) is 27.7 Å². The number of amides is 1. The fraction of sp³-hybridized carbons (Fsp3) is 0.556. The zero-order valence-electron chi connectivity index (χ0n) is 15.6. The molecule has 144 valence electrons. The van der Waals surface area contributed by atoms with Crippen molar-refractivity contribution in [3.8, 4) is 0 Å². The summed E-state index contributed by atoms with van der Waals surface area (Å²) in [6.07, 6.45) is 0.955. The molecule has 2 rings (SSSR count). The monoisotopic (exact) mass is 382 g/mol. The van der Waals surface area contributed by atoms with E-state index in [-0.39, 0.29) is 18.5 Å². The second-order valence-corrected chi connectivity index (χ2v) is 9.50. The summed E-state index contributed by atoms with van der Waals surface area (Å²) in [5, 5.41) is 0. The molecule has 0 spiro atoms. The van der Waals surface area contributed by atoms with Crippen LogP contribution >= 0.6 is 0 Å². The number of rotatable bonds is 7. The summed E-state index contributed by atoms with van der Waals surface area (Å²) in [6, 6.07) is 6.53. The summed E-state index contributed by atoms with van der Waals surface area (Å²) < 4.78 is 31.8. The van der Waals surface area contributed by atoms with E-state index in [0.717, 1.165) is 10.7 Å². The van der Waals surface area contributed by atoms with Crippen LogP contribution in [0.25, 0.3) is 0 Å². The van der Waals surface area contributed by atoms with E-state index in [0.29, 0.717) is 23.7 Å². The topological polar surface area (TPSA) is 92.8 Å². The normalized spacial score (nSPS) is 17.3. The zero-order valence-corrected chi connectivity index (χ0v) is 16.4. The minimum Gasteiger partial charge on any atom is -0.462 e. The Morgan fingerprint density at radius 1 is 1.27 bits per heavy atom. The second-order valence-electron chi connectivity index (χ2n) is 7.83. The highest BCUT2D eigenvalue weighted by Gasteiger charge is 2.33. The van der Waals surface area contributed by atoms with Gasteiger partial charge in [0.2, 0.25) is 5.91 Å². The molecule has 7 nitrogen and oxygen atoms in total. The number of esters is 1. The lowest BCUT2D eigenvalue weighted by Gasteiger charge is -2.26. The summed E-state index contributed by atoms with van der Waals surface area (Å²) in [4.78, 5) is 23.4. The van der Waals surface area contributed by atoms with E-state index in [1.54, 1.807) is 24.3 Å². The smallest absolute Gasteiger partial charge is 0.338 e. The molecule has 1 N–H and O–H groups in total. The molecule has 0 atom stereocenters. The molecule has 0 aromatic heterocycles.